The van der Waals surface area contributed by atoms with Crippen molar-refractivity contribution < 1.29 is 24.1 Å². The van der Waals surface area contributed by atoms with Crippen molar-refractivity contribution in [3.05, 3.63) is 26.2 Å². The molecule has 0 N–H and O–H groups in total. The maximum absolute atomic E-state index is 7.50. The van der Waals surface area contributed by atoms with E-state index in [-0.39, 0.29) is 35.3 Å². The van der Waals surface area contributed by atoms with Crippen molar-refractivity contribution >= 4 is 15.8 Å². The molecule has 0 fully saturated rings. The Balaban J connectivity index is -0.0000000878. The van der Waals surface area contributed by atoms with Crippen LogP contribution in [-0.4, -0.2) is 34.0 Å². The van der Waals surface area contributed by atoms with Crippen LogP contribution in [-0.2, 0) is 24.1 Å². The Hall–Kier alpha value is 0.963. The van der Waals surface area contributed by atoms with E-state index in [1.165, 1.54) is 6.08 Å². The van der Waals surface area contributed by atoms with Gasteiger partial charge in [-0.05, 0) is 40.9 Å². The van der Waals surface area contributed by atoms with E-state index in [2.05, 4.69) is 117 Å². The molecule has 4 heteroatoms. The summed E-state index contributed by atoms with van der Waals surface area (Å²) in [7, 11) is 0.275. The number of rotatable bonds is 0. The van der Waals surface area contributed by atoms with Gasteiger partial charge in [0.25, 0.3) is 0 Å². The smallest absolute Gasteiger partial charge is 0 e. The zero-order valence-electron chi connectivity index (χ0n) is 20.1. The average molecular weight is 491 g/mol. The van der Waals surface area contributed by atoms with Crippen LogP contribution in [0.3, 0.4) is 0 Å². The van der Waals surface area contributed by atoms with Crippen molar-refractivity contribution in [2.75, 3.05) is 13.3 Å². The maximum Gasteiger partial charge on any atom is 0 e. The second kappa shape index (κ2) is 15.8. The Morgan fingerprint density at radius 3 is 0.692 bits per heavy atom. The van der Waals surface area contributed by atoms with Gasteiger partial charge in [0.1, 0.15) is 0 Å². The van der Waals surface area contributed by atoms with Crippen LogP contribution < -0.4 is 0 Å². The summed E-state index contributed by atoms with van der Waals surface area (Å²) in [5.74, 6) is 0. The van der Waals surface area contributed by atoms with Gasteiger partial charge in [-0.25, -0.2) is 0 Å². The van der Waals surface area contributed by atoms with E-state index in [4.69, 9.17) is 4.65 Å². The van der Waals surface area contributed by atoms with E-state index in [0.717, 1.165) is 0 Å². The van der Waals surface area contributed by atoms with Crippen molar-refractivity contribution in [1.82, 2.24) is 0 Å². The number of hydrogen-bond donors (Lipinski definition) is 0. The first-order chi connectivity index (χ1) is 10.7. The Bertz CT molecular complexity index is 292. The fourth-order valence-corrected chi connectivity index (χ4v) is 6.04. The maximum atomic E-state index is 7.50. The van der Waals surface area contributed by atoms with E-state index in [1.54, 1.807) is 0 Å². The van der Waals surface area contributed by atoms with Crippen LogP contribution in [0, 0.1) is 13.6 Å². The molecule has 0 heterocycles. The normalized spacial score (nSPS) is 11.7. The molecule has 0 aromatic rings. The third-order valence-electron chi connectivity index (χ3n) is 4.02. The molecule has 0 aromatic heterocycles. The van der Waals surface area contributed by atoms with E-state index in [1.807, 2.05) is 0 Å². The molecule has 0 bridgehead atoms. The summed E-state index contributed by atoms with van der Waals surface area (Å²) in [6.45, 7) is 43.8. The topological polar surface area (TPSA) is 19.9 Å². The zero-order chi connectivity index (χ0) is 21.9. The quantitative estimate of drug-likeness (QED) is 0.141. The molecule has 0 aliphatic carbocycles. The average Bonchev–Trinajstić information content (AvgIpc) is 2.37. The SMILES string of the molecule is CP(C(C)(C)C)C(C)(C)C.CP(C(C)(C)C)C(C)(C)C.[C-]#[O+].[CH2]C=C.[Ru]. The van der Waals surface area contributed by atoms with Crippen molar-refractivity contribution in [3.8, 4) is 0 Å². The van der Waals surface area contributed by atoms with Gasteiger partial charge < -0.3 is 0 Å². The minimum absolute atomic E-state index is 0. The largest absolute Gasteiger partial charge is 0.103 e. The number of allylic oxidation sites excluding steroid dienone is 1. The standard InChI is InChI=1S/2C9H21P.C3H5.CO.Ru/c2*1-8(2,3)10(7)9(4,5)6;1-3-2;1-2;/h2*1-7H3;3H,1-2H2;;. The molecule has 0 aliphatic heterocycles. The monoisotopic (exact) mass is 491 g/mol. The van der Waals surface area contributed by atoms with Crippen LogP contribution in [0.1, 0.15) is 83.1 Å². The van der Waals surface area contributed by atoms with Gasteiger partial charge in [0.05, 0.1) is 0 Å². The molecular formula is C22H47OP2Ru. The molecule has 26 heavy (non-hydrogen) atoms. The van der Waals surface area contributed by atoms with Gasteiger partial charge in [0.15, 0.2) is 0 Å². The summed E-state index contributed by atoms with van der Waals surface area (Å²) >= 11 is 0. The first-order valence-electron chi connectivity index (χ1n) is 8.81. The second-order valence-corrected chi connectivity index (χ2v) is 17.7. The van der Waals surface area contributed by atoms with Gasteiger partial charge in [-0.15, -0.1) is 6.58 Å². The Kier molecular flexibility index (Phi) is 23.0. The summed E-state index contributed by atoms with van der Waals surface area (Å²) in [4.78, 5) is 0. The van der Waals surface area contributed by atoms with Crippen molar-refractivity contribution in [2.45, 2.75) is 104 Å². The van der Waals surface area contributed by atoms with Crippen molar-refractivity contribution in [1.29, 1.82) is 0 Å². The molecule has 0 saturated heterocycles. The fraction of sp³-hybridized carbons (Fsp3) is 0.818. The molecule has 0 aliphatic rings. The minimum atomic E-state index is 0. The third kappa shape index (κ3) is 23.0. The van der Waals surface area contributed by atoms with Gasteiger partial charge >= 0.3 is 11.3 Å². The summed E-state index contributed by atoms with van der Waals surface area (Å²) in [5, 5.41) is 2.03. The Morgan fingerprint density at radius 2 is 0.692 bits per heavy atom. The summed E-state index contributed by atoms with van der Waals surface area (Å²) in [5.41, 5.74) is 0. The molecule has 159 valence electrons. The molecule has 0 spiro atoms. The second-order valence-electron chi connectivity index (χ2n) is 10.1. The van der Waals surface area contributed by atoms with Gasteiger partial charge in [-0.2, -0.15) is 0 Å². The summed E-state index contributed by atoms with van der Waals surface area (Å²) in [6.07, 6.45) is 1.50. The van der Waals surface area contributed by atoms with Crippen LogP contribution in [0.15, 0.2) is 12.7 Å². The Morgan fingerprint density at radius 1 is 0.615 bits per heavy atom. The van der Waals surface area contributed by atoms with Crippen molar-refractivity contribution in [3.63, 3.8) is 0 Å². The van der Waals surface area contributed by atoms with E-state index in [0.29, 0.717) is 20.6 Å². The Labute approximate surface area is 182 Å². The molecule has 1 nitrogen and oxygen atoms in total. The molecule has 0 amide bonds. The molecule has 0 unspecified atom stereocenters. The van der Waals surface area contributed by atoms with Gasteiger partial charge in [-0.1, -0.05) is 105 Å². The molecular weight excluding hydrogens is 443 g/mol. The third-order valence-corrected chi connectivity index (χ3v) is 12.1. The van der Waals surface area contributed by atoms with Crippen LogP contribution in [0.25, 0.3) is 0 Å². The summed E-state index contributed by atoms with van der Waals surface area (Å²) in [6, 6.07) is 0. The molecule has 0 aromatic carbocycles. The van der Waals surface area contributed by atoms with E-state index in [9.17, 15) is 0 Å². The number of hydrogen-bond acceptors (Lipinski definition) is 0. The molecule has 0 rings (SSSR count). The predicted octanol–water partition coefficient (Wildman–Crippen LogP) is 8.36. The van der Waals surface area contributed by atoms with Crippen LogP contribution in [0.2, 0.25) is 0 Å². The molecule has 0 saturated carbocycles. The van der Waals surface area contributed by atoms with E-state index < -0.39 is 0 Å². The van der Waals surface area contributed by atoms with Gasteiger partial charge in [-0.3, -0.25) is 0 Å². The van der Waals surface area contributed by atoms with Crippen LogP contribution >= 0.6 is 15.8 Å². The van der Waals surface area contributed by atoms with Crippen LogP contribution in [0.5, 0.6) is 0 Å². The van der Waals surface area contributed by atoms with Crippen molar-refractivity contribution in [2.24, 2.45) is 0 Å². The first kappa shape index (κ1) is 37.7. The minimum Gasteiger partial charge on any atom is -0.103 e. The predicted molar refractivity (Wildman–Crippen MR) is 124 cm³/mol. The zero-order valence-corrected chi connectivity index (χ0v) is 23.7. The van der Waals surface area contributed by atoms with Gasteiger partial charge in [0.2, 0.25) is 0 Å². The molecule has 1 radical (unpaired) electrons. The fourth-order valence-electron chi connectivity index (χ4n) is 2.01. The summed E-state index contributed by atoms with van der Waals surface area (Å²) < 4.78 is 7.50. The van der Waals surface area contributed by atoms with Crippen LogP contribution in [0.4, 0.5) is 0 Å². The molecule has 0 atom stereocenters. The van der Waals surface area contributed by atoms with Gasteiger partial charge in [0, 0.05) is 19.5 Å². The first-order valence-corrected chi connectivity index (χ1v) is 12.4. The van der Waals surface area contributed by atoms with E-state index >= 15 is 0 Å².